The van der Waals surface area contributed by atoms with Crippen molar-refractivity contribution in [1.82, 2.24) is 19.8 Å². The van der Waals surface area contributed by atoms with Crippen molar-refractivity contribution in [2.24, 2.45) is 0 Å². The Balaban J connectivity index is 1.24. The van der Waals surface area contributed by atoms with E-state index in [4.69, 9.17) is 4.42 Å². The minimum atomic E-state index is -4.41. The normalized spacial score (nSPS) is 14.7. The highest BCUT2D eigenvalue weighted by Crippen LogP contribution is 2.33. The topological polar surface area (TPSA) is 80.4 Å². The van der Waals surface area contributed by atoms with Crippen LogP contribution in [0.5, 0.6) is 0 Å². The van der Waals surface area contributed by atoms with Crippen molar-refractivity contribution in [3.63, 3.8) is 0 Å². The van der Waals surface area contributed by atoms with Crippen molar-refractivity contribution < 1.29 is 27.2 Å². The van der Waals surface area contributed by atoms with E-state index in [1.165, 1.54) is 12.1 Å². The van der Waals surface area contributed by atoms with Crippen LogP contribution in [0.1, 0.15) is 60.7 Å². The van der Waals surface area contributed by atoms with E-state index in [0.717, 1.165) is 11.9 Å². The molecule has 1 saturated heterocycles. The van der Waals surface area contributed by atoms with Gasteiger partial charge in [-0.25, -0.2) is 4.98 Å². The molecule has 0 saturated carbocycles. The van der Waals surface area contributed by atoms with Crippen molar-refractivity contribution >= 4 is 11.8 Å². The minimum absolute atomic E-state index is 0.00901. The van der Waals surface area contributed by atoms with E-state index in [0.29, 0.717) is 51.1 Å². The molecule has 0 bridgehead atoms. The molecule has 0 spiro atoms. The van der Waals surface area contributed by atoms with Crippen LogP contribution in [0.25, 0.3) is 0 Å². The van der Waals surface area contributed by atoms with Crippen LogP contribution in [0.3, 0.4) is 0 Å². The molecule has 1 aliphatic rings. The number of benzene rings is 1. The van der Waals surface area contributed by atoms with Gasteiger partial charge in [0.15, 0.2) is 0 Å². The molecule has 10 heteroatoms. The van der Waals surface area contributed by atoms with Crippen molar-refractivity contribution in [2.75, 3.05) is 13.1 Å². The van der Waals surface area contributed by atoms with E-state index in [9.17, 15) is 22.8 Å². The molecule has 7 nitrogen and oxygen atoms in total. The summed E-state index contributed by atoms with van der Waals surface area (Å²) in [6.07, 6.45) is 2.84. The number of aromatic nitrogens is 2. The Labute approximate surface area is 207 Å². The molecule has 0 unspecified atom stereocenters. The molecule has 1 aromatic carbocycles. The molecular formula is C26H29F3N4O3. The van der Waals surface area contributed by atoms with Crippen LogP contribution in [0, 0.1) is 0 Å². The van der Waals surface area contributed by atoms with Gasteiger partial charge in [0.1, 0.15) is 11.6 Å². The highest BCUT2D eigenvalue weighted by molar-refractivity contribution is 5.79. The molecule has 2 amide bonds. The van der Waals surface area contributed by atoms with Gasteiger partial charge in [0, 0.05) is 50.8 Å². The third-order valence-corrected chi connectivity index (χ3v) is 6.46. The van der Waals surface area contributed by atoms with Crippen LogP contribution in [0.4, 0.5) is 13.2 Å². The third kappa shape index (κ3) is 6.56. The highest BCUT2D eigenvalue weighted by Gasteiger charge is 2.33. The van der Waals surface area contributed by atoms with Gasteiger partial charge in [-0.1, -0.05) is 18.2 Å². The number of imidazole rings is 1. The second-order valence-electron chi connectivity index (χ2n) is 8.93. The zero-order chi connectivity index (χ0) is 25.5. The fourth-order valence-electron chi connectivity index (χ4n) is 4.57. The lowest BCUT2D eigenvalue weighted by Crippen LogP contribution is -2.38. The van der Waals surface area contributed by atoms with Crippen molar-refractivity contribution in [3.8, 4) is 0 Å². The van der Waals surface area contributed by atoms with Crippen LogP contribution >= 0.6 is 0 Å². The van der Waals surface area contributed by atoms with Crippen molar-refractivity contribution in [2.45, 2.75) is 57.3 Å². The molecule has 3 heterocycles. The van der Waals surface area contributed by atoms with Crippen LogP contribution in [-0.2, 0) is 28.9 Å². The Bertz CT molecular complexity index is 1150. The smallest absolute Gasteiger partial charge is 0.416 e. The maximum atomic E-state index is 13.4. The first-order valence-electron chi connectivity index (χ1n) is 12.0. The molecule has 3 aromatic rings. The van der Waals surface area contributed by atoms with Crippen LogP contribution in [0.15, 0.2) is 59.5 Å². The molecule has 192 valence electrons. The summed E-state index contributed by atoms with van der Waals surface area (Å²) in [7, 11) is 0. The van der Waals surface area contributed by atoms with Crippen LogP contribution in [-0.4, -0.2) is 39.4 Å². The minimum Gasteiger partial charge on any atom is -0.467 e. The van der Waals surface area contributed by atoms with Crippen molar-refractivity contribution in [1.29, 1.82) is 0 Å². The Hall–Kier alpha value is -3.56. The molecule has 0 aliphatic carbocycles. The molecule has 0 atom stereocenters. The number of amides is 2. The monoisotopic (exact) mass is 502 g/mol. The van der Waals surface area contributed by atoms with Crippen molar-refractivity contribution in [3.05, 3.63) is 77.8 Å². The third-order valence-electron chi connectivity index (χ3n) is 6.46. The Kier molecular flexibility index (Phi) is 8.12. The summed E-state index contributed by atoms with van der Waals surface area (Å²) in [5.41, 5.74) is -0.440. The lowest BCUT2D eigenvalue weighted by molar-refractivity contribution is -0.138. The van der Waals surface area contributed by atoms with Gasteiger partial charge in [-0.3, -0.25) is 9.59 Å². The maximum absolute atomic E-state index is 13.4. The molecule has 1 fully saturated rings. The number of halogens is 3. The maximum Gasteiger partial charge on any atom is 0.416 e. The van der Waals surface area contributed by atoms with E-state index < -0.39 is 11.7 Å². The van der Waals surface area contributed by atoms with Gasteiger partial charge >= 0.3 is 6.18 Å². The lowest BCUT2D eigenvalue weighted by atomic mass is 9.95. The van der Waals surface area contributed by atoms with Crippen LogP contribution in [0.2, 0.25) is 0 Å². The zero-order valence-electron chi connectivity index (χ0n) is 19.8. The molecule has 0 radical (unpaired) electrons. The zero-order valence-corrected chi connectivity index (χ0v) is 19.8. The number of hydrogen-bond donors (Lipinski definition) is 1. The average molecular weight is 503 g/mol. The predicted octanol–water partition coefficient (Wildman–Crippen LogP) is 4.74. The highest BCUT2D eigenvalue weighted by atomic mass is 19.4. The second kappa shape index (κ2) is 11.5. The number of rotatable bonds is 9. The first-order chi connectivity index (χ1) is 17.3. The Morgan fingerprint density at radius 2 is 1.86 bits per heavy atom. The molecular weight excluding hydrogens is 473 g/mol. The number of alkyl halides is 3. The number of carbonyl (C=O) groups excluding carboxylic acids is 2. The van der Waals surface area contributed by atoms with Crippen LogP contribution < -0.4 is 5.32 Å². The van der Waals surface area contributed by atoms with Gasteiger partial charge in [0.25, 0.3) is 0 Å². The molecule has 36 heavy (non-hydrogen) atoms. The van der Waals surface area contributed by atoms with E-state index >= 15 is 0 Å². The number of likely N-dealkylation sites (tertiary alicyclic amines) is 1. The number of nitrogens with one attached hydrogen (secondary N) is 1. The van der Waals surface area contributed by atoms with E-state index in [2.05, 4.69) is 10.3 Å². The number of carbonyl (C=O) groups is 2. The first kappa shape index (κ1) is 25.5. The summed E-state index contributed by atoms with van der Waals surface area (Å²) in [5, 5.41) is 2.76. The quantitative estimate of drug-likeness (QED) is 0.459. The Morgan fingerprint density at radius 3 is 2.58 bits per heavy atom. The van der Waals surface area contributed by atoms with Gasteiger partial charge in [-0.05, 0) is 43.0 Å². The summed E-state index contributed by atoms with van der Waals surface area (Å²) in [6.45, 7) is 1.53. The number of hydrogen-bond acceptors (Lipinski definition) is 4. The SMILES string of the molecule is O=C(CCCC(=O)N1CCC(c2nccn2Cc2ccccc2C(F)(F)F)CC1)NCc1ccco1. The van der Waals surface area contributed by atoms with E-state index in [-0.39, 0.29) is 36.3 Å². The number of piperidine rings is 1. The van der Waals surface area contributed by atoms with Gasteiger partial charge < -0.3 is 19.2 Å². The predicted molar refractivity (Wildman–Crippen MR) is 126 cm³/mol. The molecule has 4 rings (SSSR count). The number of furan rings is 1. The molecule has 1 N–H and O–H groups in total. The lowest BCUT2D eigenvalue weighted by Gasteiger charge is -2.32. The fraction of sp³-hybridized carbons (Fsp3) is 0.423. The summed E-state index contributed by atoms with van der Waals surface area (Å²) in [6, 6.07) is 9.12. The largest absolute Gasteiger partial charge is 0.467 e. The molecule has 1 aliphatic heterocycles. The van der Waals surface area contributed by atoms with Gasteiger partial charge in [0.05, 0.1) is 18.4 Å². The number of nitrogens with zero attached hydrogens (tertiary/aromatic N) is 3. The first-order valence-corrected chi connectivity index (χ1v) is 12.0. The van der Waals surface area contributed by atoms with E-state index in [1.54, 1.807) is 46.3 Å². The fourth-order valence-corrected chi connectivity index (χ4v) is 4.57. The summed E-state index contributed by atoms with van der Waals surface area (Å²) in [5.74, 6) is 1.36. The summed E-state index contributed by atoms with van der Waals surface area (Å²) < 4.78 is 47.1. The summed E-state index contributed by atoms with van der Waals surface area (Å²) in [4.78, 5) is 30.8. The standard InChI is InChI=1S/C26H29F3N4O3/c27-26(28,29)22-7-2-1-5-20(22)18-33-15-12-30-25(33)19-10-13-32(14-11-19)24(35)9-3-8-23(34)31-17-21-6-4-16-36-21/h1-2,4-7,12,15-16,19H,3,8-11,13-14,17-18H2,(H,31,34). The average Bonchev–Trinajstić information content (AvgIpc) is 3.55. The second-order valence-corrected chi connectivity index (χ2v) is 8.93. The molecule has 2 aromatic heterocycles. The van der Waals surface area contributed by atoms with E-state index in [1.807, 2.05) is 0 Å². The van der Waals surface area contributed by atoms with Gasteiger partial charge in [-0.15, -0.1) is 0 Å². The van der Waals surface area contributed by atoms with Gasteiger partial charge in [0.2, 0.25) is 11.8 Å². The summed E-state index contributed by atoms with van der Waals surface area (Å²) >= 11 is 0. The Morgan fingerprint density at radius 1 is 1.08 bits per heavy atom. The van der Waals surface area contributed by atoms with Gasteiger partial charge in [-0.2, -0.15) is 13.2 Å².